The second kappa shape index (κ2) is 7.98. The summed E-state index contributed by atoms with van der Waals surface area (Å²) in [5, 5.41) is 29.4. The molecule has 110 valence electrons. The van der Waals surface area contributed by atoms with E-state index in [1.54, 1.807) is 24.5 Å². The summed E-state index contributed by atoms with van der Waals surface area (Å²) in [6.07, 6.45) is 5.37. The van der Waals surface area contributed by atoms with Gasteiger partial charge >= 0.3 is 0 Å². The molecule has 23 heavy (non-hydrogen) atoms. The van der Waals surface area contributed by atoms with Crippen LogP contribution in [-0.4, -0.2) is 4.98 Å². The maximum atomic E-state index is 9.01. The molecule has 1 N–H and O–H groups in total. The van der Waals surface area contributed by atoms with Gasteiger partial charge in [-0.25, -0.2) is 0 Å². The molecule has 0 amide bonds. The van der Waals surface area contributed by atoms with Crippen molar-refractivity contribution in [1.82, 2.24) is 4.98 Å². The second-order valence-corrected chi connectivity index (χ2v) is 4.76. The summed E-state index contributed by atoms with van der Waals surface area (Å²) >= 11 is 0. The molecule has 0 aliphatic rings. The van der Waals surface area contributed by atoms with Gasteiger partial charge in [0, 0.05) is 18.1 Å². The lowest BCUT2D eigenvalue weighted by molar-refractivity contribution is 0.955. The van der Waals surface area contributed by atoms with Gasteiger partial charge in [-0.3, -0.25) is 4.98 Å². The normalized spacial score (nSPS) is 9.09. The van der Waals surface area contributed by atoms with Gasteiger partial charge in [0.2, 0.25) is 0 Å². The molecule has 2 aromatic rings. The minimum atomic E-state index is -0.228. The van der Waals surface area contributed by atoms with Gasteiger partial charge in [0.25, 0.3) is 0 Å². The SMILES string of the molecule is N#CC(C#N)=C(C#N)Nc1ccc(CCc2ccncc2)cc1. The zero-order valence-corrected chi connectivity index (χ0v) is 12.3. The van der Waals surface area contributed by atoms with Crippen molar-refractivity contribution in [1.29, 1.82) is 15.8 Å². The van der Waals surface area contributed by atoms with Gasteiger partial charge in [0.15, 0.2) is 5.57 Å². The molecule has 0 saturated heterocycles. The van der Waals surface area contributed by atoms with Gasteiger partial charge in [0.1, 0.15) is 23.9 Å². The zero-order valence-electron chi connectivity index (χ0n) is 12.3. The van der Waals surface area contributed by atoms with Crippen LogP contribution in [0.3, 0.4) is 0 Å². The minimum Gasteiger partial charge on any atom is -0.345 e. The smallest absolute Gasteiger partial charge is 0.163 e. The Morgan fingerprint density at radius 2 is 1.39 bits per heavy atom. The van der Waals surface area contributed by atoms with Crippen molar-refractivity contribution in [2.45, 2.75) is 12.8 Å². The summed E-state index contributed by atoms with van der Waals surface area (Å²) in [6, 6.07) is 16.8. The van der Waals surface area contributed by atoms with Crippen molar-refractivity contribution < 1.29 is 0 Å². The molecular formula is C18H13N5. The van der Waals surface area contributed by atoms with E-state index in [4.69, 9.17) is 15.8 Å². The highest BCUT2D eigenvalue weighted by atomic mass is 14.9. The Morgan fingerprint density at radius 3 is 1.91 bits per heavy atom. The number of nitrogens with one attached hydrogen (secondary N) is 1. The van der Waals surface area contributed by atoms with Crippen LogP contribution in [0.1, 0.15) is 11.1 Å². The summed E-state index contributed by atoms with van der Waals surface area (Å²) in [5.74, 6) is 0. The van der Waals surface area contributed by atoms with Crippen LogP contribution < -0.4 is 5.32 Å². The number of benzene rings is 1. The monoisotopic (exact) mass is 299 g/mol. The van der Waals surface area contributed by atoms with Gasteiger partial charge in [-0.1, -0.05) is 12.1 Å². The molecule has 0 fully saturated rings. The highest BCUT2D eigenvalue weighted by Gasteiger charge is 2.06. The zero-order chi connectivity index (χ0) is 16.5. The Hall–Kier alpha value is -3.62. The molecule has 0 unspecified atom stereocenters. The Morgan fingerprint density at radius 1 is 0.826 bits per heavy atom. The first-order chi connectivity index (χ1) is 11.3. The summed E-state index contributed by atoms with van der Waals surface area (Å²) in [4.78, 5) is 3.99. The molecule has 1 aromatic carbocycles. The van der Waals surface area contributed by atoms with E-state index in [0.717, 1.165) is 18.4 Å². The lowest BCUT2D eigenvalue weighted by Crippen LogP contribution is -2.00. The third-order valence-electron chi connectivity index (χ3n) is 3.26. The van der Waals surface area contributed by atoms with Crippen LogP contribution in [0.2, 0.25) is 0 Å². The molecule has 0 spiro atoms. The van der Waals surface area contributed by atoms with Crippen molar-refractivity contribution in [2.75, 3.05) is 5.32 Å². The van der Waals surface area contributed by atoms with E-state index in [1.165, 1.54) is 5.56 Å². The van der Waals surface area contributed by atoms with E-state index in [9.17, 15) is 0 Å². The number of hydrogen-bond donors (Lipinski definition) is 1. The molecule has 0 aliphatic carbocycles. The van der Waals surface area contributed by atoms with Crippen molar-refractivity contribution in [3.8, 4) is 18.2 Å². The highest BCUT2D eigenvalue weighted by Crippen LogP contribution is 2.15. The standard InChI is InChI=1S/C18H13N5/c19-11-16(12-20)18(13-21)23-17-5-3-14(4-6-17)1-2-15-7-9-22-10-8-15/h3-10,23H,1-2H2. The van der Waals surface area contributed by atoms with E-state index in [-0.39, 0.29) is 11.3 Å². The van der Waals surface area contributed by atoms with Gasteiger partial charge in [0.05, 0.1) is 0 Å². The summed E-state index contributed by atoms with van der Waals surface area (Å²) in [5.41, 5.74) is 2.78. The minimum absolute atomic E-state index is 0.0421. The fourth-order valence-corrected chi connectivity index (χ4v) is 2.02. The van der Waals surface area contributed by atoms with Crippen LogP contribution in [0.5, 0.6) is 0 Å². The molecular weight excluding hydrogens is 286 g/mol. The van der Waals surface area contributed by atoms with E-state index in [0.29, 0.717) is 5.69 Å². The van der Waals surface area contributed by atoms with E-state index in [2.05, 4.69) is 10.3 Å². The average Bonchev–Trinajstić information content (AvgIpc) is 2.62. The molecule has 0 saturated carbocycles. The Balaban J connectivity index is 2.03. The summed E-state index contributed by atoms with van der Waals surface area (Å²) in [7, 11) is 0. The third-order valence-corrected chi connectivity index (χ3v) is 3.26. The predicted molar refractivity (Wildman–Crippen MR) is 85.6 cm³/mol. The largest absolute Gasteiger partial charge is 0.345 e. The molecule has 1 heterocycles. The summed E-state index contributed by atoms with van der Waals surface area (Å²) in [6.45, 7) is 0. The molecule has 0 atom stereocenters. The fourth-order valence-electron chi connectivity index (χ4n) is 2.02. The first kappa shape index (κ1) is 15.8. The average molecular weight is 299 g/mol. The van der Waals surface area contributed by atoms with Crippen molar-refractivity contribution in [3.63, 3.8) is 0 Å². The maximum absolute atomic E-state index is 9.01. The number of allylic oxidation sites excluding steroid dienone is 2. The lowest BCUT2D eigenvalue weighted by Gasteiger charge is -2.06. The van der Waals surface area contributed by atoms with Gasteiger partial charge in [-0.2, -0.15) is 15.8 Å². The third kappa shape index (κ3) is 4.43. The number of anilines is 1. The van der Waals surface area contributed by atoms with Crippen LogP contribution in [0.4, 0.5) is 5.69 Å². The number of hydrogen-bond acceptors (Lipinski definition) is 5. The van der Waals surface area contributed by atoms with Gasteiger partial charge in [-0.15, -0.1) is 0 Å². The molecule has 0 radical (unpaired) electrons. The van der Waals surface area contributed by atoms with E-state index >= 15 is 0 Å². The van der Waals surface area contributed by atoms with E-state index in [1.807, 2.05) is 42.5 Å². The number of nitriles is 3. The Bertz CT molecular complexity index is 799. The van der Waals surface area contributed by atoms with Crippen LogP contribution in [-0.2, 0) is 12.8 Å². The Kier molecular flexibility index (Phi) is 5.47. The highest BCUT2D eigenvalue weighted by molar-refractivity contribution is 5.58. The van der Waals surface area contributed by atoms with Crippen LogP contribution >= 0.6 is 0 Å². The molecule has 2 rings (SSSR count). The second-order valence-electron chi connectivity index (χ2n) is 4.76. The van der Waals surface area contributed by atoms with Crippen molar-refractivity contribution >= 4 is 5.69 Å². The predicted octanol–water partition coefficient (Wildman–Crippen LogP) is 3.10. The molecule has 1 aromatic heterocycles. The number of pyridine rings is 1. The van der Waals surface area contributed by atoms with Crippen LogP contribution in [0.25, 0.3) is 0 Å². The van der Waals surface area contributed by atoms with Crippen LogP contribution in [0, 0.1) is 34.0 Å². The summed E-state index contributed by atoms with van der Waals surface area (Å²) < 4.78 is 0. The van der Waals surface area contributed by atoms with Crippen molar-refractivity contribution in [2.24, 2.45) is 0 Å². The van der Waals surface area contributed by atoms with Gasteiger partial charge < -0.3 is 5.32 Å². The van der Waals surface area contributed by atoms with Crippen molar-refractivity contribution in [3.05, 3.63) is 71.2 Å². The maximum Gasteiger partial charge on any atom is 0.163 e. The van der Waals surface area contributed by atoms with Crippen LogP contribution in [0.15, 0.2) is 60.1 Å². The first-order valence-corrected chi connectivity index (χ1v) is 6.96. The Labute approximate surface area is 134 Å². The number of aryl methyl sites for hydroxylation is 2. The molecule has 5 nitrogen and oxygen atoms in total. The number of nitrogens with zero attached hydrogens (tertiary/aromatic N) is 4. The van der Waals surface area contributed by atoms with E-state index < -0.39 is 0 Å². The topological polar surface area (TPSA) is 96.3 Å². The number of aromatic nitrogens is 1. The lowest BCUT2D eigenvalue weighted by atomic mass is 10.1. The first-order valence-electron chi connectivity index (χ1n) is 6.96. The fraction of sp³-hybridized carbons (Fsp3) is 0.111. The molecule has 5 heteroatoms. The van der Waals surface area contributed by atoms with Gasteiger partial charge in [-0.05, 0) is 48.2 Å². The number of rotatable bonds is 5. The molecule has 0 aliphatic heterocycles. The quantitative estimate of drug-likeness (QED) is 0.856. The molecule has 0 bridgehead atoms.